The van der Waals surface area contributed by atoms with E-state index < -0.39 is 11.7 Å². The number of thiophene rings is 1. The fourth-order valence-corrected chi connectivity index (χ4v) is 4.24. The second-order valence-corrected chi connectivity index (χ2v) is 7.97. The first-order valence-corrected chi connectivity index (χ1v) is 10.4. The summed E-state index contributed by atoms with van der Waals surface area (Å²) in [6.45, 7) is 0.463. The number of hydrogen-bond acceptors (Lipinski definition) is 3. The molecule has 0 unspecified atom stereocenters. The van der Waals surface area contributed by atoms with Gasteiger partial charge in [0.05, 0.1) is 22.9 Å². The van der Waals surface area contributed by atoms with Crippen LogP contribution in [0.2, 0.25) is 0 Å². The van der Waals surface area contributed by atoms with Crippen molar-refractivity contribution in [1.82, 2.24) is 9.88 Å². The van der Waals surface area contributed by atoms with Gasteiger partial charge in [0, 0.05) is 13.1 Å². The average Bonchev–Trinajstić information content (AvgIpc) is 3.34. The SMILES string of the molecule is COc1cccc(Cn2c(C(=O)NCc3cccc(C(F)(F)F)c3)cc3sccc32)c1. The van der Waals surface area contributed by atoms with Gasteiger partial charge >= 0.3 is 6.18 Å². The summed E-state index contributed by atoms with van der Waals surface area (Å²) in [5, 5.41) is 4.70. The van der Waals surface area contributed by atoms with Gasteiger partial charge in [-0.2, -0.15) is 13.2 Å². The molecular formula is C23H19F3N2O2S. The van der Waals surface area contributed by atoms with Crippen molar-refractivity contribution in [3.8, 4) is 5.75 Å². The van der Waals surface area contributed by atoms with Crippen LogP contribution in [-0.4, -0.2) is 17.6 Å². The number of hydrogen-bond donors (Lipinski definition) is 1. The number of rotatable bonds is 6. The predicted octanol–water partition coefficient (Wildman–Crippen LogP) is 5.71. The average molecular weight is 444 g/mol. The zero-order valence-corrected chi connectivity index (χ0v) is 17.4. The largest absolute Gasteiger partial charge is 0.497 e. The van der Waals surface area contributed by atoms with Crippen LogP contribution in [0, 0.1) is 0 Å². The molecule has 2 heterocycles. The smallest absolute Gasteiger partial charge is 0.416 e. The van der Waals surface area contributed by atoms with Gasteiger partial charge in [-0.3, -0.25) is 4.79 Å². The zero-order valence-electron chi connectivity index (χ0n) is 16.6. The van der Waals surface area contributed by atoms with E-state index in [9.17, 15) is 18.0 Å². The Kier molecular flexibility index (Phi) is 5.73. The van der Waals surface area contributed by atoms with Crippen molar-refractivity contribution in [2.24, 2.45) is 0 Å². The van der Waals surface area contributed by atoms with Crippen molar-refractivity contribution in [1.29, 1.82) is 0 Å². The number of benzene rings is 2. The molecule has 0 saturated carbocycles. The molecule has 2 aromatic heterocycles. The molecule has 160 valence electrons. The van der Waals surface area contributed by atoms with Gasteiger partial charge in [-0.15, -0.1) is 11.3 Å². The molecule has 4 rings (SSSR count). The van der Waals surface area contributed by atoms with Gasteiger partial charge in [-0.1, -0.05) is 24.3 Å². The molecule has 0 saturated heterocycles. The van der Waals surface area contributed by atoms with Crippen molar-refractivity contribution in [3.05, 3.63) is 88.4 Å². The lowest BCUT2D eigenvalue weighted by molar-refractivity contribution is -0.137. The van der Waals surface area contributed by atoms with Crippen molar-refractivity contribution in [2.75, 3.05) is 7.11 Å². The fraction of sp³-hybridized carbons (Fsp3) is 0.174. The number of amides is 1. The number of alkyl halides is 3. The fourth-order valence-electron chi connectivity index (χ4n) is 3.42. The predicted molar refractivity (Wildman–Crippen MR) is 115 cm³/mol. The standard InChI is InChI=1S/C23H19F3N2O2S/c1-30-18-7-3-5-16(11-18)14-28-19-8-9-31-21(19)12-20(28)22(29)27-13-15-4-2-6-17(10-15)23(24,25)26/h2-12H,13-14H2,1H3,(H,27,29). The summed E-state index contributed by atoms with van der Waals surface area (Å²) in [7, 11) is 1.60. The molecule has 0 radical (unpaired) electrons. The van der Waals surface area contributed by atoms with Crippen molar-refractivity contribution in [3.63, 3.8) is 0 Å². The van der Waals surface area contributed by atoms with Crippen molar-refractivity contribution >= 4 is 27.5 Å². The zero-order chi connectivity index (χ0) is 22.0. The Hall–Kier alpha value is -3.26. The van der Waals surface area contributed by atoms with E-state index in [-0.39, 0.29) is 12.5 Å². The minimum absolute atomic E-state index is 0.000736. The van der Waals surface area contributed by atoms with Crippen LogP contribution in [0.25, 0.3) is 10.2 Å². The number of nitrogens with one attached hydrogen (secondary N) is 1. The van der Waals surface area contributed by atoms with Gasteiger partial charge in [-0.05, 0) is 52.9 Å². The summed E-state index contributed by atoms with van der Waals surface area (Å²) in [5.41, 5.74) is 2.00. The normalized spacial score (nSPS) is 11.6. The lowest BCUT2D eigenvalue weighted by Gasteiger charge is -2.13. The third-order valence-electron chi connectivity index (χ3n) is 4.94. The number of fused-ring (bicyclic) bond motifs is 1. The van der Waals surface area contributed by atoms with Crippen LogP contribution >= 0.6 is 11.3 Å². The van der Waals surface area contributed by atoms with E-state index in [2.05, 4.69) is 5.32 Å². The number of ether oxygens (including phenoxy) is 1. The lowest BCUT2D eigenvalue weighted by atomic mass is 10.1. The number of halogens is 3. The number of carbonyl (C=O) groups excluding carboxylic acids is 1. The van der Waals surface area contributed by atoms with Crippen LogP contribution in [0.4, 0.5) is 13.2 Å². The molecule has 0 aliphatic heterocycles. The van der Waals surface area contributed by atoms with Crippen LogP contribution in [-0.2, 0) is 19.3 Å². The molecule has 0 fully saturated rings. The van der Waals surface area contributed by atoms with Crippen LogP contribution in [0.1, 0.15) is 27.2 Å². The summed E-state index contributed by atoms with van der Waals surface area (Å²) in [6.07, 6.45) is -4.42. The second-order valence-electron chi connectivity index (χ2n) is 7.02. The minimum atomic E-state index is -4.42. The van der Waals surface area contributed by atoms with Crippen molar-refractivity contribution in [2.45, 2.75) is 19.3 Å². The Labute approximate surface area is 180 Å². The maximum Gasteiger partial charge on any atom is 0.416 e. The molecule has 0 spiro atoms. The molecule has 2 aromatic carbocycles. The molecule has 0 atom stereocenters. The Bertz CT molecular complexity index is 1230. The van der Waals surface area contributed by atoms with Gasteiger partial charge in [-0.25, -0.2) is 0 Å². The molecule has 0 bridgehead atoms. The first-order valence-electron chi connectivity index (χ1n) is 9.49. The van der Waals surface area contributed by atoms with Gasteiger partial charge in [0.25, 0.3) is 5.91 Å². The summed E-state index contributed by atoms with van der Waals surface area (Å²) in [5.74, 6) is 0.380. The molecule has 4 nitrogen and oxygen atoms in total. The Morgan fingerprint density at radius 1 is 1.06 bits per heavy atom. The third kappa shape index (κ3) is 4.59. The second kappa shape index (κ2) is 8.47. The highest BCUT2D eigenvalue weighted by atomic mass is 32.1. The number of aromatic nitrogens is 1. The topological polar surface area (TPSA) is 43.3 Å². The van der Waals surface area contributed by atoms with Crippen LogP contribution < -0.4 is 10.1 Å². The minimum Gasteiger partial charge on any atom is -0.497 e. The summed E-state index contributed by atoms with van der Waals surface area (Å²) >= 11 is 1.53. The number of nitrogens with zero attached hydrogens (tertiary/aromatic N) is 1. The van der Waals surface area contributed by atoms with E-state index in [0.717, 1.165) is 33.7 Å². The molecule has 1 N–H and O–H groups in total. The van der Waals surface area contributed by atoms with E-state index in [1.165, 1.54) is 17.4 Å². The number of methoxy groups -OCH3 is 1. The Balaban J connectivity index is 1.57. The van der Waals surface area contributed by atoms with Gasteiger partial charge < -0.3 is 14.6 Å². The quantitative estimate of drug-likeness (QED) is 0.414. The summed E-state index contributed by atoms with van der Waals surface area (Å²) in [6, 6.07) is 16.3. The van der Waals surface area contributed by atoms with E-state index >= 15 is 0 Å². The maximum absolute atomic E-state index is 12.9. The Morgan fingerprint density at radius 3 is 2.61 bits per heavy atom. The van der Waals surface area contributed by atoms with E-state index in [1.54, 1.807) is 13.2 Å². The molecular weight excluding hydrogens is 425 g/mol. The van der Waals surface area contributed by atoms with E-state index in [0.29, 0.717) is 17.8 Å². The van der Waals surface area contributed by atoms with E-state index in [4.69, 9.17) is 4.74 Å². The van der Waals surface area contributed by atoms with Gasteiger partial charge in [0.2, 0.25) is 0 Å². The van der Waals surface area contributed by atoms with E-state index in [1.807, 2.05) is 46.3 Å². The first-order chi connectivity index (χ1) is 14.8. The first kappa shape index (κ1) is 21.0. The molecule has 31 heavy (non-hydrogen) atoms. The summed E-state index contributed by atoms with van der Waals surface area (Å²) in [4.78, 5) is 12.9. The van der Waals surface area contributed by atoms with Crippen molar-refractivity contribution < 1.29 is 22.7 Å². The lowest BCUT2D eigenvalue weighted by Crippen LogP contribution is -2.25. The third-order valence-corrected chi connectivity index (χ3v) is 5.79. The highest BCUT2D eigenvalue weighted by molar-refractivity contribution is 7.17. The maximum atomic E-state index is 12.9. The monoisotopic (exact) mass is 444 g/mol. The highest BCUT2D eigenvalue weighted by Gasteiger charge is 2.30. The van der Waals surface area contributed by atoms with Crippen LogP contribution in [0.3, 0.4) is 0 Å². The van der Waals surface area contributed by atoms with Gasteiger partial charge in [0.15, 0.2) is 0 Å². The van der Waals surface area contributed by atoms with Gasteiger partial charge in [0.1, 0.15) is 11.4 Å². The highest BCUT2D eigenvalue weighted by Crippen LogP contribution is 2.30. The number of carbonyl (C=O) groups is 1. The Morgan fingerprint density at radius 2 is 1.84 bits per heavy atom. The molecule has 8 heteroatoms. The molecule has 4 aromatic rings. The van der Waals surface area contributed by atoms with Crippen LogP contribution in [0.5, 0.6) is 5.75 Å². The molecule has 1 amide bonds. The molecule has 0 aliphatic rings. The summed E-state index contributed by atoms with van der Waals surface area (Å²) < 4.78 is 46.9. The van der Waals surface area contributed by atoms with Crippen LogP contribution in [0.15, 0.2) is 66.0 Å². The molecule has 0 aliphatic carbocycles.